The lowest BCUT2D eigenvalue weighted by atomic mass is 10.1. The van der Waals surface area contributed by atoms with Crippen LogP contribution in [0.2, 0.25) is 0 Å². The van der Waals surface area contributed by atoms with Crippen molar-refractivity contribution in [1.29, 1.82) is 0 Å². The van der Waals surface area contributed by atoms with E-state index in [9.17, 15) is 0 Å². The van der Waals surface area contributed by atoms with Crippen molar-refractivity contribution in [3.8, 4) is 11.1 Å². The third-order valence-corrected chi connectivity index (χ3v) is 3.98. The normalized spacial score (nSPS) is 13.9. The molecule has 0 radical (unpaired) electrons. The van der Waals surface area contributed by atoms with Crippen LogP contribution in [0.4, 0.5) is 0 Å². The first kappa shape index (κ1) is 10.7. The van der Waals surface area contributed by atoms with E-state index in [1.807, 2.05) is 16.8 Å². The summed E-state index contributed by atoms with van der Waals surface area (Å²) < 4.78 is 2.04. The van der Waals surface area contributed by atoms with Crippen LogP contribution in [0.15, 0.2) is 36.5 Å². The van der Waals surface area contributed by atoms with Gasteiger partial charge in [0.25, 0.3) is 0 Å². The summed E-state index contributed by atoms with van der Waals surface area (Å²) in [4.78, 5) is 4.78. The summed E-state index contributed by atoms with van der Waals surface area (Å²) in [6.07, 6.45) is 5.42. The maximum absolute atomic E-state index is 4.78. The standard InChI is InChI=1S/C16H15N3/c1-11-13-8-5-9-15(13)19-16(18-11)14(10-17-19)12-6-3-2-4-7-12/h2-4,6-7,10H,5,8-9H2,1H3. The monoisotopic (exact) mass is 249 g/mol. The van der Waals surface area contributed by atoms with E-state index < -0.39 is 0 Å². The molecule has 0 N–H and O–H groups in total. The number of aromatic nitrogens is 3. The number of nitrogens with zero attached hydrogens (tertiary/aromatic N) is 3. The maximum atomic E-state index is 4.78. The number of fused-ring (bicyclic) bond motifs is 3. The fourth-order valence-corrected chi connectivity index (χ4v) is 3.05. The molecule has 0 saturated carbocycles. The summed E-state index contributed by atoms with van der Waals surface area (Å²) in [6.45, 7) is 2.12. The first-order valence-corrected chi connectivity index (χ1v) is 6.76. The highest BCUT2D eigenvalue weighted by Crippen LogP contribution is 2.29. The van der Waals surface area contributed by atoms with Crippen molar-refractivity contribution in [2.45, 2.75) is 26.2 Å². The summed E-state index contributed by atoms with van der Waals surface area (Å²) in [7, 11) is 0. The highest BCUT2D eigenvalue weighted by Gasteiger charge is 2.20. The SMILES string of the molecule is Cc1nc2c(-c3ccccc3)cnn2c2c1CCC2. The van der Waals surface area contributed by atoms with Crippen LogP contribution in [0.25, 0.3) is 16.8 Å². The Morgan fingerprint density at radius 2 is 1.95 bits per heavy atom. The van der Waals surface area contributed by atoms with Gasteiger partial charge in [0, 0.05) is 17.0 Å². The van der Waals surface area contributed by atoms with Crippen molar-refractivity contribution in [2.75, 3.05) is 0 Å². The molecule has 0 spiro atoms. The Hall–Kier alpha value is -2.16. The summed E-state index contributed by atoms with van der Waals surface area (Å²) in [5.41, 5.74) is 7.21. The zero-order valence-corrected chi connectivity index (χ0v) is 10.9. The molecule has 2 heterocycles. The van der Waals surface area contributed by atoms with Crippen LogP contribution in [0.1, 0.15) is 23.4 Å². The second kappa shape index (κ2) is 3.92. The largest absolute Gasteiger partial charge is 0.233 e. The molecule has 1 aromatic carbocycles. The Balaban J connectivity index is 2.03. The van der Waals surface area contributed by atoms with Gasteiger partial charge in [-0.2, -0.15) is 5.10 Å². The Bertz CT molecular complexity index is 757. The topological polar surface area (TPSA) is 30.2 Å². The maximum Gasteiger partial charge on any atom is 0.163 e. The van der Waals surface area contributed by atoms with Crippen molar-refractivity contribution in [1.82, 2.24) is 14.6 Å². The van der Waals surface area contributed by atoms with E-state index in [0.717, 1.165) is 29.7 Å². The van der Waals surface area contributed by atoms with Gasteiger partial charge in [0.2, 0.25) is 0 Å². The van der Waals surface area contributed by atoms with Crippen LogP contribution in [0.3, 0.4) is 0 Å². The first-order valence-electron chi connectivity index (χ1n) is 6.76. The molecular weight excluding hydrogens is 234 g/mol. The van der Waals surface area contributed by atoms with Gasteiger partial charge < -0.3 is 0 Å². The van der Waals surface area contributed by atoms with Crippen LogP contribution in [0, 0.1) is 6.92 Å². The minimum atomic E-state index is 0.990. The van der Waals surface area contributed by atoms with Crippen LogP contribution < -0.4 is 0 Å². The highest BCUT2D eigenvalue weighted by atomic mass is 15.3. The molecule has 0 unspecified atom stereocenters. The van der Waals surface area contributed by atoms with Gasteiger partial charge in [0.15, 0.2) is 5.65 Å². The van der Waals surface area contributed by atoms with E-state index in [0.29, 0.717) is 0 Å². The molecule has 1 aliphatic carbocycles. The smallest absolute Gasteiger partial charge is 0.163 e. The molecule has 0 fully saturated rings. The predicted molar refractivity (Wildman–Crippen MR) is 75.2 cm³/mol. The van der Waals surface area contributed by atoms with Crippen molar-refractivity contribution < 1.29 is 0 Å². The molecule has 0 bridgehead atoms. The molecule has 3 aromatic rings. The van der Waals surface area contributed by atoms with Gasteiger partial charge in [-0.1, -0.05) is 30.3 Å². The number of hydrogen-bond acceptors (Lipinski definition) is 2. The third kappa shape index (κ3) is 1.51. The molecule has 19 heavy (non-hydrogen) atoms. The second-order valence-corrected chi connectivity index (χ2v) is 5.14. The highest BCUT2D eigenvalue weighted by molar-refractivity contribution is 5.77. The Labute approximate surface area is 111 Å². The molecule has 3 nitrogen and oxygen atoms in total. The molecule has 0 saturated heterocycles. The number of rotatable bonds is 1. The van der Waals surface area contributed by atoms with Gasteiger partial charge in [-0.3, -0.25) is 0 Å². The van der Waals surface area contributed by atoms with Crippen molar-refractivity contribution >= 4 is 5.65 Å². The molecule has 0 amide bonds. The van der Waals surface area contributed by atoms with E-state index >= 15 is 0 Å². The number of hydrogen-bond donors (Lipinski definition) is 0. The van der Waals surface area contributed by atoms with E-state index in [4.69, 9.17) is 4.98 Å². The van der Waals surface area contributed by atoms with Gasteiger partial charge in [0.05, 0.1) is 6.20 Å². The lowest BCUT2D eigenvalue weighted by molar-refractivity contribution is 0.835. The summed E-state index contributed by atoms with van der Waals surface area (Å²) in [5, 5.41) is 4.56. The quantitative estimate of drug-likeness (QED) is 0.663. The van der Waals surface area contributed by atoms with Crippen LogP contribution in [-0.4, -0.2) is 14.6 Å². The minimum Gasteiger partial charge on any atom is -0.233 e. The molecule has 4 rings (SSSR count). The van der Waals surface area contributed by atoms with Crippen molar-refractivity contribution in [3.63, 3.8) is 0 Å². The molecule has 94 valence electrons. The second-order valence-electron chi connectivity index (χ2n) is 5.14. The van der Waals surface area contributed by atoms with Gasteiger partial charge >= 0.3 is 0 Å². The predicted octanol–water partition coefficient (Wildman–Crippen LogP) is 3.19. The zero-order chi connectivity index (χ0) is 12.8. The molecule has 3 heteroatoms. The van der Waals surface area contributed by atoms with E-state index in [1.54, 1.807) is 0 Å². The summed E-state index contributed by atoms with van der Waals surface area (Å²) in [5.74, 6) is 0. The number of benzene rings is 1. The van der Waals surface area contributed by atoms with Gasteiger partial charge in [0.1, 0.15) is 0 Å². The summed E-state index contributed by atoms with van der Waals surface area (Å²) in [6, 6.07) is 10.4. The summed E-state index contributed by atoms with van der Waals surface area (Å²) >= 11 is 0. The first-order chi connectivity index (χ1) is 9.34. The Kier molecular flexibility index (Phi) is 2.21. The third-order valence-electron chi connectivity index (χ3n) is 3.98. The zero-order valence-electron chi connectivity index (χ0n) is 10.9. The number of aryl methyl sites for hydroxylation is 2. The van der Waals surface area contributed by atoms with Crippen LogP contribution >= 0.6 is 0 Å². The molecule has 2 aromatic heterocycles. The molecule has 1 aliphatic rings. The lowest BCUT2D eigenvalue weighted by Gasteiger charge is -2.07. The fourth-order valence-electron chi connectivity index (χ4n) is 3.05. The van der Waals surface area contributed by atoms with Crippen molar-refractivity contribution in [2.24, 2.45) is 0 Å². The van der Waals surface area contributed by atoms with Crippen LogP contribution in [0.5, 0.6) is 0 Å². The average Bonchev–Trinajstić information content (AvgIpc) is 3.05. The molecule has 0 aliphatic heterocycles. The van der Waals surface area contributed by atoms with E-state index in [-0.39, 0.29) is 0 Å². The minimum absolute atomic E-state index is 0.990. The van der Waals surface area contributed by atoms with Gasteiger partial charge in [-0.25, -0.2) is 9.50 Å². The molecular formula is C16H15N3. The fraction of sp³-hybridized carbons (Fsp3) is 0.250. The van der Waals surface area contributed by atoms with Crippen molar-refractivity contribution in [3.05, 3.63) is 53.5 Å². The lowest BCUT2D eigenvalue weighted by Crippen LogP contribution is -2.03. The van der Waals surface area contributed by atoms with Gasteiger partial charge in [-0.15, -0.1) is 0 Å². The average molecular weight is 249 g/mol. The van der Waals surface area contributed by atoms with Gasteiger partial charge in [-0.05, 0) is 37.3 Å². The molecule has 0 atom stereocenters. The van der Waals surface area contributed by atoms with Crippen LogP contribution in [-0.2, 0) is 12.8 Å². The van der Waals surface area contributed by atoms with E-state index in [2.05, 4.69) is 36.3 Å². The Morgan fingerprint density at radius 1 is 1.11 bits per heavy atom. The van der Waals surface area contributed by atoms with E-state index in [1.165, 1.54) is 23.2 Å². The Morgan fingerprint density at radius 3 is 2.79 bits per heavy atom.